The van der Waals surface area contributed by atoms with Crippen LogP contribution in [0.4, 0.5) is 0 Å². The second kappa shape index (κ2) is 8.10. The first-order chi connectivity index (χ1) is 10.2. The van der Waals surface area contributed by atoms with Gasteiger partial charge < -0.3 is 10.1 Å². The van der Waals surface area contributed by atoms with Gasteiger partial charge in [0.25, 0.3) is 5.91 Å². The van der Waals surface area contributed by atoms with E-state index >= 15 is 0 Å². The molecule has 110 valence electrons. The fourth-order valence-electron chi connectivity index (χ4n) is 1.77. The average molecular weight is 366 g/mol. The van der Waals surface area contributed by atoms with E-state index in [1.165, 1.54) is 0 Å². The SMILES string of the molecule is O=C(NCCCOc1ccccc1)c1ccc(Br)cc1S. The molecule has 0 aliphatic rings. The van der Waals surface area contributed by atoms with E-state index in [0.29, 0.717) is 23.6 Å². The summed E-state index contributed by atoms with van der Waals surface area (Å²) in [5, 5.41) is 2.86. The van der Waals surface area contributed by atoms with Gasteiger partial charge in [0.1, 0.15) is 5.75 Å². The molecule has 0 saturated carbocycles. The lowest BCUT2D eigenvalue weighted by molar-refractivity contribution is 0.0948. The van der Waals surface area contributed by atoms with Gasteiger partial charge in [-0.05, 0) is 36.8 Å². The maximum absolute atomic E-state index is 12.0. The Morgan fingerprint density at radius 1 is 1.19 bits per heavy atom. The number of hydrogen-bond donors (Lipinski definition) is 2. The number of para-hydroxylation sites is 1. The quantitative estimate of drug-likeness (QED) is 0.601. The summed E-state index contributed by atoms with van der Waals surface area (Å²) < 4.78 is 6.46. The first-order valence-corrected chi connectivity index (χ1v) is 7.85. The molecule has 0 fully saturated rings. The van der Waals surface area contributed by atoms with E-state index in [4.69, 9.17) is 4.74 Å². The van der Waals surface area contributed by atoms with E-state index < -0.39 is 0 Å². The van der Waals surface area contributed by atoms with E-state index in [0.717, 1.165) is 16.6 Å². The summed E-state index contributed by atoms with van der Waals surface area (Å²) in [6.45, 7) is 1.13. The minimum absolute atomic E-state index is 0.118. The Morgan fingerprint density at radius 3 is 2.67 bits per heavy atom. The maximum atomic E-state index is 12.0. The van der Waals surface area contributed by atoms with Gasteiger partial charge in [-0.15, -0.1) is 12.6 Å². The van der Waals surface area contributed by atoms with Gasteiger partial charge in [-0.25, -0.2) is 0 Å². The van der Waals surface area contributed by atoms with Gasteiger partial charge in [0.15, 0.2) is 0 Å². The zero-order valence-electron chi connectivity index (χ0n) is 11.4. The Kier molecular flexibility index (Phi) is 6.14. The zero-order valence-corrected chi connectivity index (χ0v) is 13.9. The topological polar surface area (TPSA) is 38.3 Å². The normalized spacial score (nSPS) is 10.2. The van der Waals surface area contributed by atoms with Crippen molar-refractivity contribution in [2.75, 3.05) is 13.2 Å². The molecule has 3 nitrogen and oxygen atoms in total. The largest absolute Gasteiger partial charge is 0.494 e. The number of benzene rings is 2. The van der Waals surface area contributed by atoms with Crippen LogP contribution in [0.25, 0.3) is 0 Å². The zero-order chi connectivity index (χ0) is 15.1. The molecule has 0 aliphatic carbocycles. The van der Waals surface area contributed by atoms with Crippen LogP contribution in [0.15, 0.2) is 57.9 Å². The van der Waals surface area contributed by atoms with Crippen molar-refractivity contribution in [3.05, 3.63) is 58.6 Å². The van der Waals surface area contributed by atoms with Crippen LogP contribution in [0.5, 0.6) is 5.75 Å². The Labute approximate surface area is 138 Å². The number of thiol groups is 1. The molecular formula is C16H16BrNO2S. The minimum atomic E-state index is -0.118. The third kappa shape index (κ3) is 5.10. The van der Waals surface area contributed by atoms with Gasteiger partial charge in [-0.2, -0.15) is 0 Å². The molecule has 0 saturated heterocycles. The van der Waals surface area contributed by atoms with Crippen molar-refractivity contribution < 1.29 is 9.53 Å². The average Bonchev–Trinajstić information content (AvgIpc) is 2.47. The van der Waals surface area contributed by atoms with Crippen molar-refractivity contribution in [3.8, 4) is 5.75 Å². The van der Waals surface area contributed by atoms with Crippen LogP contribution in [0, 0.1) is 0 Å². The Hall–Kier alpha value is -1.46. The Bertz CT molecular complexity index is 604. The van der Waals surface area contributed by atoms with Gasteiger partial charge in [-0.1, -0.05) is 34.1 Å². The molecule has 1 N–H and O–H groups in total. The smallest absolute Gasteiger partial charge is 0.252 e. The van der Waals surface area contributed by atoms with Crippen molar-refractivity contribution >= 4 is 34.5 Å². The summed E-state index contributed by atoms with van der Waals surface area (Å²) in [4.78, 5) is 12.6. The van der Waals surface area contributed by atoms with E-state index in [1.54, 1.807) is 12.1 Å². The number of carbonyl (C=O) groups is 1. The highest BCUT2D eigenvalue weighted by atomic mass is 79.9. The van der Waals surface area contributed by atoms with E-state index in [2.05, 4.69) is 33.9 Å². The third-order valence-electron chi connectivity index (χ3n) is 2.82. The predicted octanol–water partition coefficient (Wildman–Crippen LogP) is 3.94. The molecule has 0 aromatic heterocycles. The monoisotopic (exact) mass is 365 g/mol. The molecule has 5 heteroatoms. The summed E-state index contributed by atoms with van der Waals surface area (Å²) in [5.74, 6) is 0.724. The second-order valence-corrected chi connectivity index (χ2v) is 5.83. The van der Waals surface area contributed by atoms with Gasteiger partial charge in [0.2, 0.25) is 0 Å². The molecule has 1 amide bonds. The van der Waals surface area contributed by atoms with Crippen LogP contribution >= 0.6 is 28.6 Å². The van der Waals surface area contributed by atoms with Crippen molar-refractivity contribution in [3.63, 3.8) is 0 Å². The lowest BCUT2D eigenvalue weighted by Crippen LogP contribution is -2.25. The summed E-state index contributed by atoms with van der Waals surface area (Å²) in [5.41, 5.74) is 0.575. The van der Waals surface area contributed by atoms with Crippen molar-refractivity contribution in [2.45, 2.75) is 11.3 Å². The standard InChI is InChI=1S/C16H16BrNO2S/c17-12-7-8-14(15(21)11-12)16(19)18-9-4-10-20-13-5-2-1-3-6-13/h1-3,5-8,11,21H,4,9-10H2,(H,18,19). The predicted molar refractivity (Wildman–Crippen MR) is 90.3 cm³/mol. The summed E-state index contributed by atoms with van der Waals surface area (Å²) in [6, 6.07) is 15.0. The van der Waals surface area contributed by atoms with E-state index in [1.807, 2.05) is 36.4 Å². The molecule has 0 atom stereocenters. The van der Waals surface area contributed by atoms with Crippen molar-refractivity contribution in [1.29, 1.82) is 0 Å². The van der Waals surface area contributed by atoms with Crippen LogP contribution in [-0.4, -0.2) is 19.1 Å². The Balaban J connectivity index is 1.72. The fraction of sp³-hybridized carbons (Fsp3) is 0.188. The van der Waals surface area contributed by atoms with Crippen LogP contribution < -0.4 is 10.1 Å². The van der Waals surface area contributed by atoms with Crippen molar-refractivity contribution in [1.82, 2.24) is 5.32 Å². The number of nitrogens with one attached hydrogen (secondary N) is 1. The lowest BCUT2D eigenvalue weighted by atomic mass is 10.2. The molecular weight excluding hydrogens is 350 g/mol. The molecule has 2 aromatic carbocycles. The molecule has 21 heavy (non-hydrogen) atoms. The highest BCUT2D eigenvalue weighted by Crippen LogP contribution is 2.19. The molecule has 2 aromatic rings. The van der Waals surface area contributed by atoms with Gasteiger partial charge in [0, 0.05) is 15.9 Å². The van der Waals surface area contributed by atoms with Crippen LogP contribution in [-0.2, 0) is 0 Å². The minimum Gasteiger partial charge on any atom is -0.494 e. The number of halogens is 1. The molecule has 0 aliphatic heterocycles. The molecule has 0 spiro atoms. The van der Waals surface area contributed by atoms with Crippen LogP contribution in [0.2, 0.25) is 0 Å². The van der Waals surface area contributed by atoms with Gasteiger partial charge in [0.05, 0.1) is 12.2 Å². The number of amides is 1. The molecule has 0 heterocycles. The first kappa shape index (κ1) is 15.9. The number of hydrogen-bond acceptors (Lipinski definition) is 3. The van der Waals surface area contributed by atoms with E-state index in [9.17, 15) is 4.79 Å². The number of rotatable bonds is 6. The molecule has 0 bridgehead atoms. The second-order valence-electron chi connectivity index (χ2n) is 4.43. The lowest BCUT2D eigenvalue weighted by Gasteiger charge is -2.08. The van der Waals surface area contributed by atoms with Crippen molar-refractivity contribution in [2.24, 2.45) is 0 Å². The maximum Gasteiger partial charge on any atom is 0.252 e. The summed E-state index contributed by atoms with van der Waals surface area (Å²) in [6.07, 6.45) is 0.749. The highest BCUT2D eigenvalue weighted by molar-refractivity contribution is 9.10. The molecule has 0 unspecified atom stereocenters. The number of carbonyl (C=O) groups excluding carboxylic acids is 1. The Morgan fingerprint density at radius 2 is 1.95 bits per heavy atom. The number of ether oxygens (including phenoxy) is 1. The fourth-order valence-corrected chi connectivity index (χ4v) is 2.63. The van der Waals surface area contributed by atoms with Gasteiger partial charge in [-0.3, -0.25) is 4.79 Å². The summed E-state index contributed by atoms with van der Waals surface area (Å²) in [7, 11) is 0. The molecule has 2 rings (SSSR count). The first-order valence-electron chi connectivity index (χ1n) is 6.61. The van der Waals surface area contributed by atoms with Gasteiger partial charge >= 0.3 is 0 Å². The highest BCUT2D eigenvalue weighted by Gasteiger charge is 2.08. The van der Waals surface area contributed by atoms with Crippen LogP contribution in [0.3, 0.4) is 0 Å². The van der Waals surface area contributed by atoms with E-state index in [-0.39, 0.29) is 5.91 Å². The third-order valence-corrected chi connectivity index (χ3v) is 3.69. The molecule has 0 radical (unpaired) electrons. The summed E-state index contributed by atoms with van der Waals surface area (Å²) >= 11 is 7.65. The van der Waals surface area contributed by atoms with Crippen LogP contribution in [0.1, 0.15) is 16.8 Å².